The summed E-state index contributed by atoms with van der Waals surface area (Å²) in [5, 5.41) is 2.67. The number of benzene rings is 1. The first-order valence-corrected chi connectivity index (χ1v) is 8.08. The van der Waals surface area contributed by atoms with Crippen molar-refractivity contribution < 1.29 is 17.9 Å². The van der Waals surface area contributed by atoms with Crippen molar-refractivity contribution in [1.82, 2.24) is 4.98 Å². The van der Waals surface area contributed by atoms with Gasteiger partial charge in [0.1, 0.15) is 0 Å². The van der Waals surface area contributed by atoms with E-state index in [0.29, 0.717) is 6.54 Å². The molecule has 0 aliphatic carbocycles. The smallest absolute Gasteiger partial charge is 0.404 e. The second-order valence-corrected chi connectivity index (χ2v) is 6.03. The Hall–Kier alpha value is -2.77. The van der Waals surface area contributed by atoms with Crippen LogP contribution >= 0.6 is 0 Å². The van der Waals surface area contributed by atoms with Crippen molar-refractivity contribution in [3.05, 3.63) is 54.4 Å². The Balaban J connectivity index is 2.11. The van der Waals surface area contributed by atoms with Crippen molar-refractivity contribution >= 4 is 11.6 Å². The summed E-state index contributed by atoms with van der Waals surface area (Å²) in [5.74, 6) is 0.0194. The monoisotopic (exact) mass is 366 g/mol. The lowest BCUT2D eigenvalue weighted by Crippen LogP contribution is -2.25. The van der Waals surface area contributed by atoms with Crippen molar-refractivity contribution in [3.63, 3.8) is 0 Å². The average Bonchev–Trinajstić information content (AvgIpc) is 2.56. The first-order chi connectivity index (χ1) is 12.3. The number of hydrogen-bond acceptors (Lipinski definition) is 3. The highest BCUT2D eigenvalue weighted by molar-refractivity contribution is 5.93. The number of para-hydroxylation sites is 2. The molecule has 1 aromatic heterocycles. The maximum Gasteiger partial charge on any atom is 0.573 e. The summed E-state index contributed by atoms with van der Waals surface area (Å²) >= 11 is 0. The lowest BCUT2D eigenvalue weighted by molar-refractivity contribution is -0.274. The Bertz CT molecular complexity index is 733. The molecular weight excluding hydrogens is 345 g/mol. The summed E-state index contributed by atoms with van der Waals surface area (Å²) in [4.78, 5) is 8.38. The molecule has 0 spiro atoms. The number of nitrogens with zero attached hydrogens (tertiary/aromatic N) is 2. The quantitative estimate of drug-likeness (QED) is 0.595. The molecule has 1 aromatic carbocycles. The Morgan fingerprint density at radius 3 is 2.58 bits per heavy atom. The van der Waals surface area contributed by atoms with Gasteiger partial charge in [0.25, 0.3) is 0 Å². The number of halogens is 3. The summed E-state index contributed by atoms with van der Waals surface area (Å²) in [6.45, 7) is 4.50. The molecule has 2 aromatic rings. The molecule has 5 nitrogen and oxygen atoms in total. The van der Waals surface area contributed by atoms with E-state index >= 15 is 0 Å². The minimum absolute atomic E-state index is 0.0118. The molecule has 3 N–H and O–H groups in total. The van der Waals surface area contributed by atoms with E-state index in [1.165, 1.54) is 18.2 Å². The van der Waals surface area contributed by atoms with Gasteiger partial charge in [-0.25, -0.2) is 0 Å². The van der Waals surface area contributed by atoms with Crippen LogP contribution in [0.5, 0.6) is 5.75 Å². The van der Waals surface area contributed by atoms with Gasteiger partial charge < -0.3 is 15.8 Å². The van der Waals surface area contributed by atoms with Gasteiger partial charge in [0, 0.05) is 24.9 Å². The zero-order chi connectivity index (χ0) is 19.2. The summed E-state index contributed by atoms with van der Waals surface area (Å²) in [6, 6.07) is 9.46. The van der Waals surface area contributed by atoms with Crippen molar-refractivity contribution in [2.75, 3.05) is 11.9 Å². The SMILES string of the molecule is CC(C)C(CN=C(N)Nc1ccccc1OC(F)(F)F)c1cccnc1. The topological polar surface area (TPSA) is 72.5 Å². The van der Waals surface area contributed by atoms with Crippen molar-refractivity contribution in [1.29, 1.82) is 0 Å². The van der Waals surface area contributed by atoms with Crippen molar-refractivity contribution in [2.45, 2.75) is 26.1 Å². The van der Waals surface area contributed by atoms with E-state index in [4.69, 9.17) is 5.73 Å². The number of pyridine rings is 1. The summed E-state index contributed by atoms with van der Waals surface area (Å²) in [7, 11) is 0. The van der Waals surface area contributed by atoms with Crippen molar-refractivity contribution in [3.8, 4) is 5.75 Å². The zero-order valence-electron chi connectivity index (χ0n) is 14.5. The summed E-state index contributed by atoms with van der Waals surface area (Å²) in [6.07, 6.45) is -1.32. The van der Waals surface area contributed by atoms with Crippen LogP contribution in [-0.2, 0) is 0 Å². The molecule has 0 aliphatic rings. The highest BCUT2D eigenvalue weighted by atomic mass is 19.4. The van der Waals surface area contributed by atoms with Gasteiger partial charge in [0.15, 0.2) is 11.7 Å². The third-order valence-electron chi connectivity index (χ3n) is 3.75. The van der Waals surface area contributed by atoms with Crippen LogP contribution in [0.1, 0.15) is 25.3 Å². The van der Waals surface area contributed by atoms with Crippen LogP contribution < -0.4 is 15.8 Å². The summed E-state index contributed by atoms with van der Waals surface area (Å²) < 4.78 is 41.4. The van der Waals surface area contributed by atoms with E-state index in [0.717, 1.165) is 5.56 Å². The lowest BCUT2D eigenvalue weighted by Gasteiger charge is -2.19. The second kappa shape index (κ2) is 8.55. The van der Waals surface area contributed by atoms with E-state index in [9.17, 15) is 13.2 Å². The van der Waals surface area contributed by atoms with Crippen LogP contribution in [-0.4, -0.2) is 23.9 Å². The molecule has 0 aliphatic heterocycles. The van der Waals surface area contributed by atoms with Crippen LogP contribution in [0.4, 0.5) is 18.9 Å². The number of nitrogens with two attached hydrogens (primary N) is 1. The minimum atomic E-state index is -4.78. The molecule has 140 valence electrons. The third kappa shape index (κ3) is 5.94. The molecule has 1 heterocycles. The van der Waals surface area contributed by atoms with Gasteiger partial charge in [-0.1, -0.05) is 32.0 Å². The van der Waals surface area contributed by atoms with Gasteiger partial charge in [-0.05, 0) is 29.7 Å². The van der Waals surface area contributed by atoms with Crippen molar-refractivity contribution in [2.24, 2.45) is 16.6 Å². The number of aliphatic imine (C=N–C) groups is 1. The highest BCUT2D eigenvalue weighted by Gasteiger charge is 2.32. The maximum atomic E-state index is 12.5. The lowest BCUT2D eigenvalue weighted by atomic mass is 9.89. The molecule has 2 rings (SSSR count). The molecular formula is C18H21F3N4O. The molecule has 8 heteroatoms. The average molecular weight is 366 g/mol. The first-order valence-electron chi connectivity index (χ1n) is 8.08. The zero-order valence-corrected chi connectivity index (χ0v) is 14.5. The molecule has 0 saturated heterocycles. The molecule has 0 amide bonds. The number of rotatable bonds is 6. The number of aromatic nitrogens is 1. The number of ether oxygens (including phenoxy) is 1. The van der Waals surface area contributed by atoms with Crippen LogP contribution in [0, 0.1) is 5.92 Å². The number of guanidine groups is 1. The second-order valence-electron chi connectivity index (χ2n) is 6.03. The van der Waals surface area contributed by atoms with Gasteiger partial charge in [0.05, 0.1) is 5.69 Å². The van der Waals surface area contributed by atoms with Gasteiger partial charge >= 0.3 is 6.36 Å². The molecule has 26 heavy (non-hydrogen) atoms. The molecule has 1 atom stereocenters. The Morgan fingerprint density at radius 1 is 1.23 bits per heavy atom. The third-order valence-corrected chi connectivity index (χ3v) is 3.75. The van der Waals surface area contributed by atoms with Gasteiger partial charge in [0.2, 0.25) is 0 Å². The first kappa shape index (κ1) is 19.6. The Morgan fingerprint density at radius 2 is 1.96 bits per heavy atom. The van der Waals surface area contributed by atoms with E-state index < -0.39 is 6.36 Å². The van der Waals surface area contributed by atoms with E-state index in [1.54, 1.807) is 18.5 Å². The van der Waals surface area contributed by atoms with Crippen LogP contribution in [0.15, 0.2) is 53.8 Å². The standard InChI is InChI=1S/C18H21F3N4O/c1-12(2)14(13-6-5-9-23-10-13)11-24-17(22)25-15-7-3-4-8-16(15)26-18(19,20)21/h3-10,12,14H,11H2,1-2H3,(H3,22,24,25). The van der Waals surface area contributed by atoms with Gasteiger partial charge in [-0.3, -0.25) is 9.98 Å². The predicted octanol–water partition coefficient (Wildman–Crippen LogP) is 4.15. The molecule has 0 radical (unpaired) electrons. The largest absolute Gasteiger partial charge is 0.573 e. The van der Waals surface area contributed by atoms with E-state index in [1.807, 2.05) is 12.1 Å². The number of hydrogen-bond donors (Lipinski definition) is 2. The highest BCUT2D eigenvalue weighted by Crippen LogP contribution is 2.30. The van der Waals surface area contributed by atoms with E-state index in [-0.39, 0.29) is 29.2 Å². The fourth-order valence-electron chi connectivity index (χ4n) is 2.45. The fraction of sp³-hybridized carbons (Fsp3) is 0.333. The number of alkyl halides is 3. The minimum Gasteiger partial charge on any atom is -0.404 e. The fourth-order valence-corrected chi connectivity index (χ4v) is 2.45. The van der Waals surface area contributed by atoms with Crippen LogP contribution in [0.25, 0.3) is 0 Å². The molecule has 0 fully saturated rings. The van der Waals surface area contributed by atoms with Crippen LogP contribution in [0.2, 0.25) is 0 Å². The summed E-state index contributed by atoms with van der Waals surface area (Å²) in [5.41, 5.74) is 6.97. The van der Waals surface area contributed by atoms with Gasteiger partial charge in [-0.2, -0.15) is 0 Å². The molecule has 0 saturated carbocycles. The molecule has 1 unspecified atom stereocenters. The maximum absolute atomic E-state index is 12.5. The normalized spacial score (nSPS) is 13.5. The van der Waals surface area contributed by atoms with E-state index in [2.05, 4.69) is 33.9 Å². The van der Waals surface area contributed by atoms with Crippen LogP contribution in [0.3, 0.4) is 0 Å². The number of anilines is 1. The number of nitrogens with one attached hydrogen (secondary N) is 1. The molecule has 0 bridgehead atoms. The Labute approximate surface area is 150 Å². The van der Waals surface area contributed by atoms with Gasteiger partial charge in [-0.15, -0.1) is 13.2 Å². The predicted molar refractivity (Wildman–Crippen MR) is 95.1 cm³/mol. The Kier molecular flexibility index (Phi) is 6.43.